The maximum Gasteiger partial charge on any atom is 0.126 e. The fraction of sp³-hybridized carbons (Fsp3) is 0.250. The van der Waals surface area contributed by atoms with E-state index in [0.717, 1.165) is 5.56 Å². The van der Waals surface area contributed by atoms with E-state index < -0.39 is 0 Å². The molecule has 0 heterocycles. The van der Waals surface area contributed by atoms with Gasteiger partial charge in [-0.15, -0.1) is 0 Å². The Hall–Kier alpha value is -1.94. The summed E-state index contributed by atoms with van der Waals surface area (Å²) in [7, 11) is 0. The van der Waals surface area contributed by atoms with Crippen LogP contribution < -0.4 is 10.5 Å². The Bertz CT molecular complexity index is 584. The molecule has 2 rings (SSSR count). The summed E-state index contributed by atoms with van der Waals surface area (Å²) in [4.78, 5) is 0. The van der Waals surface area contributed by atoms with Gasteiger partial charge < -0.3 is 10.5 Å². The minimum atomic E-state index is -0.388. The van der Waals surface area contributed by atoms with Gasteiger partial charge in [-0.1, -0.05) is 12.1 Å². The van der Waals surface area contributed by atoms with Crippen molar-refractivity contribution in [3.05, 3.63) is 65.2 Å². The van der Waals surface area contributed by atoms with Gasteiger partial charge in [0.25, 0.3) is 0 Å². The summed E-state index contributed by atoms with van der Waals surface area (Å²) in [6, 6.07) is 10.2. The van der Waals surface area contributed by atoms with Crippen molar-refractivity contribution in [1.29, 1.82) is 0 Å². The molecule has 0 aliphatic rings. The first kappa shape index (κ1) is 14.5. The number of benzene rings is 2. The molecule has 0 spiro atoms. The summed E-state index contributed by atoms with van der Waals surface area (Å²) in [5, 5.41) is 0. The Balaban J connectivity index is 2.08. The molecule has 0 aliphatic carbocycles. The fourth-order valence-electron chi connectivity index (χ4n) is 1.93. The number of ether oxygens (including phenoxy) is 1. The number of hydrogen-bond donors (Lipinski definition) is 1. The lowest BCUT2D eigenvalue weighted by Crippen LogP contribution is -2.28. The highest BCUT2D eigenvalue weighted by Crippen LogP contribution is 2.22. The monoisotopic (exact) mass is 277 g/mol. The average molecular weight is 277 g/mol. The predicted molar refractivity (Wildman–Crippen MR) is 74.6 cm³/mol. The van der Waals surface area contributed by atoms with Crippen molar-refractivity contribution in [1.82, 2.24) is 0 Å². The molecule has 0 bridgehead atoms. The fourth-order valence-corrected chi connectivity index (χ4v) is 1.93. The number of rotatable bonds is 4. The highest BCUT2D eigenvalue weighted by Gasteiger charge is 2.17. The highest BCUT2D eigenvalue weighted by atomic mass is 19.1. The van der Waals surface area contributed by atoms with E-state index in [1.807, 2.05) is 6.92 Å². The van der Waals surface area contributed by atoms with Gasteiger partial charge in [-0.3, -0.25) is 0 Å². The lowest BCUT2D eigenvalue weighted by molar-refractivity contribution is 0.190. The van der Waals surface area contributed by atoms with Crippen LogP contribution in [-0.4, -0.2) is 6.10 Å². The second kappa shape index (κ2) is 6.01. The molecule has 0 saturated carbocycles. The zero-order valence-electron chi connectivity index (χ0n) is 11.4. The van der Waals surface area contributed by atoms with Gasteiger partial charge in [0, 0.05) is 0 Å². The van der Waals surface area contributed by atoms with Gasteiger partial charge in [0.05, 0.1) is 6.04 Å². The van der Waals surface area contributed by atoms with Crippen LogP contribution in [-0.2, 0) is 0 Å². The molecule has 0 radical (unpaired) electrons. The van der Waals surface area contributed by atoms with E-state index in [4.69, 9.17) is 10.5 Å². The van der Waals surface area contributed by atoms with Crippen LogP contribution in [0.2, 0.25) is 0 Å². The van der Waals surface area contributed by atoms with Crippen molar-refractivity contribution in [2.75, 3.05) is 0 Å². The van der Waals surface area contributed by atoms with Crippen LogP contribution >= 0.6 is 0 Å². The Morgan fingerprint density at radius 3 is 2.30 bits per heavy atom. The lowest BCUT2D eigenvalue weighted by atomic mass is 10.0. The molecular weight excluding hydrogens is 260 g/mol. The molecule has 106 valence electrons. The smallest absolute Gasteiger partial charge is 0.126 e. The van der Waals surface area contributed by atoms with E-state index in [1.54, 1.807) is 31.2 Å². The third-order valence-corrected chi connectivity index (χ3v) is 3.21. The topological polar surface area (TPSA) is 35.2 Å². The average Bonchev–Trinajstić information content (AvgIpc) is 2.43. The largest absolute Gasteiger partial charge is 0.489 e. The van der Waals surface area contributed by atoms with Gasteiger partial charge >= 0.3 is 0 Å². The zero-order chi connectivity index (χ0) is 14.7. The minimum Gasteiger partial charge on any atom is -0.489 e. The van der Waals surface area contributed by atoms with Crippen LogP contribution in [0.5, 0.6) is 5.75 Å². The second-order valence-corrected chi connectivity index (χ2v) is 4.81. The summed E-state index contributed by atoms with van der Waals surface area (Å²) >= 11 is 0. The molecule has 0 aliphatic heterocycles. The molecule has 20 heavy (non-hydrogen) atoms. The summed E-state index contributed by atoms with van der Waals surface area (Å²) in [5.74, 6) is -0.00882. The Kier molecular flexibility index (Phi) is 4.35. The van der Waals surface area contributed by atoms with Gasteiger partial charge in [0.15, 0.2) is 0 Å². The number of halogens is 2. The second-order valence-electron chi connectivity index (χ2n) is 4.81. The molecule has 2 aromatic carbocycles. The third kappa shape index (κ3) is 3.33. The standard InChI is InChI=1S/C16H17F2NO/c1-10-9-14(7-8-15(10)18)20-11(2)16(19)12-3-5-13(17)6-4-12/h3-9,11,16H,19H2,1-2H3. The molecule has 2 nitrogen and oxygen atoms in total. The van der Waals surface area contributed by atoms with Crippen molar-refractivity contribution in [2.24, 2.45) is 5.73 Å². The first-order valence-electron chi connectivity index (χ1n) is 6.41. The van der Waals surface area contributed by atoms with Crippen LogP contribution in [0.15, 0.2) is 42.5 Å². The molecule has 0 amide bonds. The van der Waals surface area contributed by atoms with Gasteiger partial charge in [0.1, 0.15) is 23.5 Å². The summed E-state index contributed by atoms with van der Waals surface area (Å²) in [6.07, 6.45) is -0.315. The molecular formula is C16H17F2NO. The van der Waals surface area contributed by atoms with Crippen LogP contribution in [0.3, 0.4) is 0 Å². The molecule has 4 heteroatoms. The number of aryl methyl sites for hydroxylation is 1. The van der Waals surface area contributed by atoms with E-state index in [2.05, 4.69) is 0 Å². The maximum atomic E-state index is 13.2. The van der Waals surface area contributed by atoms with Crippen molar-refractivity contribution in [2.45, 2.75) is 26.0 Å². The molecule has 0 saturated heterocycles. The van der Waals surface area contributed by atoms with E-state index in [0.29, 0.717) is 11.3 Å². The van der Waals surface area contributed by atoms with Gasteiger partial charge in [0.2, 0.25) is 0 Å². The molecule has 2 unspecified atom stereocenters. The summed E-state index contributed by atoms with van der Waals surface area (Å²) < 4.78 is 31.8. The third-order valence-electron chi connectivity index (χ3n) is 3.21. The Morgan fingerprint density at radius 2 is 1.70 bits per heavy atom. The van der Waals surface area contributed by atoms with Crippen molar-refractivity contribution < 1.29 is 13.5 Å². The highest BCUT2D eigenvalue weighted by molar-refractivity contribution is 5.29. The molecule has 2 atom stereocenters. The van der Waals surface area contributed by atoms with E-state index in [-0.39, 0.29) is 23.8 Å². The van der Waals surface area contributed by atoms with Crippen LogP contribution in [0, 0.1) is 18.6 Å². The SMILES string of the molecule is Cc1cc(OC(C)C(N)c2ccc(F)cc2)ccc1F. The van der Waals surface area contributed by atoms with Crippen LogP contribution in [0.25, 0.3) is 0 Å². The molecule has 2 aromatic rings. The van der Waals surface area contributed by atoms with Gasteiger partial charge in [-0.2, -0.15) is 0 Å². The van der Waals surface area contributed by atoms with Gasteiger partial charge in [-0.05, 0) is 55.3 Å². The van der Waals surface area contributed by atoms with Crippen molar-refractivity contribution in [3.8, 4) is 5.75 Å². The lowest BCUT2D eigenvalue weighted by Gasteiger charge is -2.22. The molecule has 0 aromatic heterocycles. The normalized spacial score (nSPS) is 13.8. The quantitative estimate of drug-likeness (QED) is 0.924. The van der Waals surface area contributed by atoms with Crippen molar-refractivity contribution in [3.63, 3.8) is 0 Å². The van der Waals surface area contributed by atoms with E-state index in [9.17, 15) is 8.78 Å². The zero-order valence-corrected chi connectivity index (χ0v) is 11.4. The van der Waals surface area contributed by atoms with E-state index in [1.165, 1.54) is 18.2 Å². The van der Waals surface area contributed by atoms with Crippen LogP contribution in [0.1, 0.15) is 24.1 Å². The first-order valence-corrected chi connectivity index (χ1v) is 6.41. The van der Waals surface area contributed by atoms with Crippen molar-refractivity contribution >= 4 is 0 Å². The summed E-state index contributed by atoms with van der Waals surface area (Å²) in [6.45, 7) is 3.50. The number of nitrogens with two attached hydrogens (primary N) is 1. The molecule has 2 N–H and O–H groups in total. The molecule has 0 fully saturated rings. The van der Waals surface area contributed by atoms with Crippen LogP contribution in [0.4, 0.5) is 8.78 Å². The Morgan fingerprint density at radius 1 is 1.05 bits per heavy atom. The van der Waals surface area contributed by atoms with Gasteiger partial charge in [-0.25, -0.2) is 8.78 Å². The Labute approximate surface area is 117 Å². The van der Waals surface area contributed by atoms with E-state index >= 15 is 0 Å². The maximum absolute atomic E-state index is 13.2. The minimum absolute atomic E-state index is 0.271. The summed E-state index contributed by atoms with van der Waals surface area (Å²) in [5.41, 5.74) is 7.39. The first-order chi connectivity index (χ1) is 9.47. The predicted octanol–water partition coefficient (Wildman–Crippen LogP) is 3.74. The number of hydrogen-bond acceptors (Lipinski definition) is 2.